The van der Waals surface area contributed by atoms with Gasteiger partial charge in [-0.05, 0) is 25.5 Å². The van der Waals surface area contributed by atoms with Crippen LogP contribution in [0.4, 0.5) is 5.82 Å². The van der Waals surface area contributed by atoms with Crippen LogP contribution in [0.3, 0.4) is 0 Å². The first-order chi connectivity index (χ1) is 9.51. The van der Waals surface area contributed by atoms with Gasteiger partial charge in [0.25, 0.3) is 0 Å². The topological polar surface area (TPSA) is 60.6 Å². The van der Waals surface area contributed by atoms with Crippen LogP contribution in [0.1, 0.15) is 16.8 Å². The Morgan fingerprint density at radius 3 is 2.25 bits per heavy atom. The molecule has 0 unspecified atom stereocenters. The van der Waals surface area contributed by atoms with Crippen molar-refractivity contribution >= 4 is 23.0 Å². The summed E-state index contributed by atoms with van der Waals surface area (Å²) in [7, 11) is 3.36. The van der Waals surface area contributed by atoms with E-state index in [1.54, 1.807) is 14.2 Å². The number of nitrogens with zero attached hydrogens (tertiary/aromatic N) is 2. The minimum Gasteiger partial charge on any atom is -0.389 e. The zero-order valence-corrected chi connectivity index (χ0v) is 13.4. The molecule has 0 aliphatic carbocycles. The van der Waals surface area contributed by atoms with E-state index in [1.165, 1.54) is 0 Å². The molecular formula is C14H23N3O2S. The van der Waals surface area contributed by atoms with Crippen molar-refractivity contribution in [2.45, 2.75) is 13.8 Å². The molecule has 6 heteroatoms. The maximum atomic E-state index is 5.86. The first-order valence-electron chi connectivity index (χ1n) is 6.52. The molecule has 1 aromatic heterocycles. The molecule has 1 aromatic rings. The molecule has 0 spiro atoms. The van der Waals surface area contributed by atoms with Crippen molar-refractivity contribution in [3.63, 3.8) is 0 Å². The Bertz CT molecular complexity index is 458. The maximum absolute atomic E-state index is 5.86. The average molecular weight is 297 g/mol. The highest BCUT2D eigenvalue weighted by molar-refractivity contribution is 7.80. The van der Waals surface area contributed by atoms with Gasteiger partial charge >= 0.3 is 0 Å². The first kappa shape index (κ1) is 16.8. The summed E-state index contributed by atoms with van der Waals surface area (Å²) in [6.45, 7) is 6.60. The van der Waals surface area contributed by atoms with E-state index >= 15 is 0 Å². The summed E-state index contributed by atoms with van der Waals surface area (Å²) in [4.78, 5) is 7.07. The molecule has 5 nitrogen and oxygen atoms in total. The van der Waals surface area contributed by atoms with E-state index in [0.29, 0.717) is 31.3 Å². The molecule has 0 saturated heterocycles. The molecule has 1 rings (SSSR count). The van der Waals surface area contributed by atoms with Gasteiger partial charge < -0.3 is 20.1 Å². The maximum Gasteiger partial charge on any atom is 0.139 e. The lowest BCUT2D eigenvalue weighted by atomic mass is 10.1. The van der Waals surface area contributed by atoms with Crippen LogP contribution in [-0.2, 0) is 9.47 Å². The molecule has 0 fully saturated rings. The van der Waals surface area contributed by atoms with Gasteiger partial charge in [-0.2, -0.15) is 0 Å². The predicted octanol–water partition coefficient (Wildman–Crippen LogP) is 1.43. The van der Waals surface area contributed by atoms with Crippen molar-refractivity contribution in [1.29, 1.82) is 0 Å². The minimum absolute atomic E-state index is 0.366. The van der Waals surface area contributed by atoms with Crippen LogP contribution in [0, 0.1) is 13.8 Å². The molecule has 0 radical (unpaired) electrons. The van der Waals surface area contributed by atoms with Gasteiger partial charge in [0.1, 0.15) is 10.8 Å². The molecule has 1 heterocycles. The molecule has 0 amide bonds. The molecule has 0 bridgehead atoms. The number of nitrogens with two attached hydrogens (primary N) is 1. The molecule has 112 valence electrons. The number of thiocarbonyl (C=S) groups is 1. The number of hydrogen-bond donors (Lipinski definition) is 1. The Hall–Kier alpha value is -1.24. The SMILES string of the molecule is COCCN(CCOC)c1nc(C)cc(C)c1C(N)=S. The van der Waals surface area contributed by atoms with Crippen molar-refractivity contribution < 1.29 is 9.47 Å². The van der Waals surface area contributed by atoms with E-state index in [-0.39, 0.29) is 0 Å². The zero-order valence-electron chi connectivity index (χ0n) is 12.6. The predicted molar refractivity (Wildman–Crippen MR) is 85.6 cm³/mol. The van der Waals surface area contributed by atoms with Crippen LogP contribution in [0.2, 0.25) is 0 Å². The fraction of sp³-hybridized carbons (Fsp3) is 0.571. The summed E-state index contributed by atoms with van der Waals surface area (Å²) in [6, 6.07) is 1.99. The number of rotatable bonds is 8. The fourth-order valence-corrected chi connectivity index (χ4v) is 2.33. The number of pyridine rings is 1. The van der Waals surface area contributed by atoms with Gasteiger partial charge in [-0.25, -0.2) is 4.98 Å². The fourth-order valence-electron chi connectivity index (χ4n) is 2.08. The molecule has 2 N–H and O–H groups in total. The highest BCUT2D eigenvalue weighted by atomic mass is 32.1. The quantitative estimate of drug-likeness (QED) is 0.733. The number of hydrogen-bond acceptors (Lipinski definition) is 5. The number of aryl methyl sites for hydroxylation is 2. The normalized spacial score (nSPS) is 10.6. The lowest BCUT2D eigenvalue weighted by Crippen LogP contribution is -2.34. The third-order valence-electron chi connectivity index (χ3n) is 3.00. The van der Waals surface area contributed by atoms with E-state index in [9.17, 15) is 0 Å². The number of methoxy groups -OCH3 is 2. The van der Waals surface area contributed by atoms with Crippen molar-refractivity contribution in [3.05, 3.63) is 22.9 Å². The average Bonchev–Trinajstić information content (AvgIpc) is 2.37. The van der Waals surface area contributed by atoms with Gasteiger partial charge in [-0.3, -0.25) is 0 Å². The summed E-state index contributed by atoms with van der Waals surface area (Å²) < 4.78 is 10.3. The second kappa shape index (κ2) is 8.14. The number of aromatic nitrogens is 1. The Labute approximate surface area is 126 Å². The van der Waals surface area contributed by atoms with Gasteiger partial charge in [0, 0.05) is 33.0 Å². The Kier molecular flexibility index (Phi) is 6.84. The highest BCUT2D eigenvalue weighted by Crippen LogP contribution is 2.22. The molecule has 0 aliphatic heterocycles. The van der Waals surface area contributed by atoms with Crippen LogP contribution >= 0.6 is 12.2 Å². The second-order valence-corrected chi connectivity index (χ2v) is 5.06. The molecule has 0 aliphatic rings. The van der Waals surface area contributed by atoms with E-state index in [1.807, 2.05) is 19.9 Å². The van der Waals surface area contributed by atoms with Crippen LogP contribution < -0.4 is 10.6 Å². The lowest BCUT2D eigenvalue weighted by molar-refractivity contribution is 0.190. The van der Waals surface area contributed by atoms with Crippen molar-refractivity contribution in [2.24, 2.45) is 5.73 Å². The Morgan fingerprint density at radius 1 is 1.25 bits per heavy atom. The minimum atomic E-state index is 0.366. The highest BCUT2D eigenvalue weighted by Gasteiger charge is 2.17. The monoisotopic (exact) mass is 297 g/mol. The van der Waals surface area contributed by atoms with Gasteiger partial charge in [-0.15, -0.1) is 0 Å². The third-order valence-corrected chi connectivity index (χ3v) is 3.21. The van der Waals surface area contributed by atoms with Crippen LogP contribution in [-0.4, -0.2) is 50.5 Å². The molecule has 0 aromatic carbocycles. The van der Waals surface area contributed by atoms with Gasteiger partial charge in [0.2, 0.25) is 0 Å². The number of ether oxygens (including phenoxy) is 2. The molecule has 20 heavy (non-hydrogen) atoms. The van der Waals surface area contributed by atoms with Crippen molar-refractivity contribution in [2.75, 3.05) is 45.4 Å². The summed E-state index contributed by atoms with van der Waals surface area (Å²) >= 11 is 5.17. The van der Waals surface area contributed by atoms with Crippen LogP contribution in [0.25, 0.3) is 0 Å². The smallest absolute Gasteiger partial charge is 0.139 e. The largest absolute Gasteiger partial charge is 0.389 e. The molecule has 0 atom stereocenters. The first-order valence-corrected chi connectivity index (χ1v) is 6.93. The summed E-state index contributed by atoms with van der Waals surface area (Å²) in [5.74, 6) is 0.809. The van der Waals surface area contributed by atoms with Gasteiger partial charge in [0.15, 0.2) is 0 Å². The number of anilines is 1. The van der Waals surface area contributed by atoms with Crippen LogP contribution in [0.5, 0.6) is 0 Å². The van der Waals surface area contributed by atoms with Gasteiger partial charge in [0.05, 0.1) is 18.8 Å². The third kappa shape index (κ3) is 4.40. The van der Waals surface area contributed by atoms with E-state index in [4.69, 9.17) is 27.4 Å². The Morgan fingerprint density at radius 2 is 1.80 bits per heavy atom. The van der Waals surface area contributed by atoms with Crippen molar-refractivity contribution in [1.82, 2.24) is 4.98 Å². The summed E-state index contributed by atoms with van der Waals surface area (Å²) in [6.07, 6.45) is 0. The van der Waals surface area contributed by atoms with E-state index in [0.717, 1.165) is 22.6 Å². The standard InChI is InChI=1S/C14H23N3O2S/c1-10-9-11(2)16-14(12(10)13(15)20)17(5-7-18-3)6-8-19-4/h9H,5-8H2,1-4H3,(H2,15,20). The molecule has 0 saturated carbocycles. The lowest BCUT2D eigenvalue weighted by Gasteiger charge is -2.26. The molecular weight excluding hydrogens is 274 g/mol. The van der Waals surface area contributed by atoms with Gasteiger partial charge in [-0.1, -0.05) is 12.2 Å². The van der Waals surface area contributed by atoms with E-state index < -0.39 is 0 Å². The van der Waals surface area contributed by atoms with Crippen LogP contribution in [0.15, 0.2) is 6.07 Å². The van der Waals surface area contributed by atoms with E-state index in [2.05, 4.69) is 9.88 Å². The zero-order chi connectivity index (χ0) is 15.1. The summed E-state index contributed by atoms with van der Waals surface area (Å²) in [5.41, 5.74) is 8.68. The second-order valence-electron chi connectivity index (χ2n) is 4.62. The Balaban J connectivity index is 3.18. The van der Waals surface area contributed by atoms with Crippen molar-refractivity contribution in [3.8, 4) is 0 Å². The summed E-state index contributed by atoms with van der Waals surface area (Å²) in [5, 5.41) is 0.